The Morgan fingerprint density at radius 2 is 1.63 bits per heavy atom. The van der Waals surface area contributed by atoms with E-state index < -0.39 is 5.97 Å². The van der Waals surface area contributed by atoms with Gasteiger partial charge in [-0.05, 0) is 29.8 Å². The third kappa shape index (κ3) is 5.69. The zero-order valence-electron chi connectivity index (χ0n) is 14.5. The van der Waals surface area contributed by atoms with E-state index in [9.17, 15) is 9.59 Å². The second-order valence-corrected chi connectivity index (χ2v) is 6.66. The molecule has 0 saturated heterocycles. The molecule has 1 aromatic heterocycles. The first kappa shape index (κ1) is 18.7. The number of amides is 1. The van der Waals surface area contributed by atoms with E-state index in [4.69, 9.17) is 4.74 Å². The lowest BCUT2D eigenvalue weighted by atomic mass is 10.2. The molecule has 0 spiro atoms. The van der Waals surface area contributed by atoms with Crippen LogP contribution in [-0.4, -0.2) is 23.4 Å². The number of carbonyl (C=O) groups excluding carboxylic acids is 2. The summed E-state index contributed by atoms with van der Waals surface area (Å²) in [6, 6.07) is 22.4. The van der Waals surface area contributed by atoms with Crippen LogP contribution in [0.25, 0.3) is 0 Å². The van der Waals surface area contributed by atoms with Crippen molar-refractivity contribution in [3.8, 4) is 0 Å². The van der Waals surface area contributed by atoms with Crippen molar-refractivity contribution in [3.63, 3.8) is 0 Å². The van der Waals surface area contributed by atoms with Crippen LogP contribution in [0.4, 0.5) is 0 Å². The molecule has 0 aliphatic rings. The van der Waals surface area contributed by atoms with E-state index >= 15 is 0 Å². The van der Waals surface area contributed by atoms with Crippen LogP contribution >= 0.6 is 11.8 Å². The van der Waals surface area contributed by atoms with E-state index in [2.05, 4.69) is 10.3 Å². The molecule has 0 atom stereocenters. The van der Waals surface area contributed by atoms with E-state index in [1.54, 1.807) is 18.3 Å². The lowest BCUT2D eigenvalue weighted by Gasteiger charge is -2.09. The van der Waals surface area contributed by atoms with Crippen molar-refractivity contribution >= 4 is 23.6 Å². The van der Waals surface area contributed by atoms with Gasteiger partial charge in [-0.3, -0.25) is 9.59 Å². The van der Waals surface area contributed by atoms with E-state index in [0.717, 1.165) is 10.5 Å². The zero-order valence-corrected chi connectivity index (χ0v) is 15.3. The maximum atomic E-state index is 12.5. The Kier molecular flexibility index (Phi) is 6.60. The van der Waals surface area contributed by atoms with Crippen molar-refractivity contribution in [3.05, 3.63) is 90.1 Å². The maximum Gasteiger partial charge on any atom is 0.325 e. The number of aromatic nitrogens is 1. The Labute approximate surface area is 161 Å². The Morgan fingerprint density at radius 1 is 0.926 bits per heavy atom. The molecule has 2 aromatic carbocycles. The van der Waals surface area contributed by atoms with Crippen LogP contribution in [0.15, 0.2) is 88.9 Å². The molecule has 1 amide bonds. The molecule has 0 radical (unpaired) electrons. The van der Waals surface area contributed by atoms with Crippen LogP contribution in [0, 0.1) is 0 Å². The Balaban J connectivity index is 1.55. The molecule has 3 rings (SSSR count). The first-order chi connectivity index (χ1) is 13.2. The molecule has 0 unspecified atom stereocenters. The van der Waals surface area contributed by atoms with Gasteiger partial charge in [0.2, 0.25) is 0 Å². The van der Waals surface area contributed by atoms with Crippen LogP contribution in [0.5, 0.6) is 0 Å². The van der Waals surface area contributed by atoms with Gasteiger partial charge in [0.25, 0.3) is 5.91 Å². The van der Waals surface area contributed by atoms with E-state index in [1.165, 1.54) is 11.8 Å². The number of rotatable bonds is 7. The fraction of sp³-hybridized carbons (Fsp3) is 0.0952. The summed E-state index contributed by atoms with van der Waals surface area (Å²) < 4.78 is 5.17. The van der Waals surface area contributed by atoms with Crippen LogP contribution < -0.4 is 5.32 Å². The van der Waals surface area contributed by atoms with Crippen LogP contribution in [-0.2, 0) is 16.1 Å². The van der Waals surface area contributed by atoms with Gasteiger partial charge in [0.05, 0.1) is 5.56 Å². The average Bonchev–Trinajstić information content (AvgIpc) is 2.72. The first-order valence-electron chi connectivity index (χ1n) is 8.38. The Hall–Kier alpha value is -3.12. The molecule has 0 aliphatic heterocycles. The molecule has 3 aromatic rings. The average molecular weight is 378 g/mol. The smallest absolute Gasteiger partial charge is 0.325 e. The molecule has 0 saturated carbocycles. The number of nitrogens with one attached hydrogen (secondary N) is 1. The van der Waals surface area contributed by atoms with Gasteiger partial charge in [0.15, 0.2) is 0 Å². The molecule has 5 nitrogen and oxygen atoms in total. The molecular formula is C21H18N2O3S. The number of ether oxygens (including phenoxy) is 1. The van der Waals surface area contributed by atoms with Crippen molar-refractivity contribution < 1.29 is 14.3 Å². The summed E-state index contributed by atoms with van der Waals surface area (Å²) in [5.74, 6) is -0.855. The minimum Gasteiger partial charge on any atom is -0.460 e. The van der Waals surface area contributed by atoms with E-state index in [1.807, 2.05) is 60.7 Å². The Morgan fingerprint density at radius 3 is 2.37 bits per heavy atom. The summed E-state index contributed by atoms with van der Waals surface area (Å²) in [6.45, 7) is -0.0203. The molecule has 136 valence electrons. The maximum absolute atomic E-state index is 12.5. The SMILES string of the molecule is O=C(CNC(=O)c1cccnc1Sc1ccccc1)OCc1ccccc1. The number of esters is 1. The minimum atomic E-state index is -0.492. The number of benzene rings is 2. The highest BCUT2D eigenvalue weighted by Crippen LogP contribution is 2.28. The molecule has 6 heteroatoms. The van der Waals surface area contributed by atoms with Gasteiger partial charge in [-0.15, -0.1) is 0 Å². The van der Waals surface area contributed by atoms with E-state index in [-0.39, 0.29) is 19.1 Å². The number of hydrogen-bond acceptors (Lipinski definition) is 5. The molecule has 0 fully saturated rings. The third-order valence-corrected chi connectivity index (χ3v) is 4.64. The van der Waals surface area contributed by atoms with Crippen molar-refractivity contribution in [1.29, 1.82) is 0 Å². The fourth-order valence-corrected chi connectivity index (χ4v) is 3.18. The fourth-order valence-electron chi connectivity index (χ4n) is 2.28. The van der Waals surface area contributed by atoms with Gasteiger partial charge in [-0.1, -0.05) is 60.3 Å². The lowest BCUT2D eigenvalue weighted by molar-refractivity contribution is -0.143. The predicted molar refractivity (Wildman–Crippen MR) is 103 cm³/mol. The van der Waals surface area contributed by atoms with Gasteiger partial charge in [-0.2, -0.15) is 0 Å². The van der Waals surface area contributed by atoms with Crippen molar-refractivity contribution in [2.45, 2.75) is 16.5 Å². The van der Waals surface area contributed by atoms with E-state index in [0.29, 0.717) is 10.6 Å². The summed E-state index contributed by atoms with van der Waals surface area (Å²) in [6.07, 6.45) is 1.64. The second kappa shape index (κ2) is 9.54. The summed E-state index contributed by atoms with van der Waals surface area (Å²) in [7, 11) is 0. The summed E-state index contributed by atoms with van der Waals surface area (Å²) in [5.41, 5.74) is 1.31. The highest BCUT2D eigenvalue weighted by molar-refractivity contribution is 7.99. The second-order valence-electron chi connectivity index (χ2n) is 5.60. The molecule has 0 aliphatic carbocycles. The van der Waals surface area contributed by atoms with Gasteiger partial charge in [-0.25, -0.2) is 4.98 Å². The molecule has 27 heavy (non-hydrogen) atoms. The summed E-state index contributed by atoms with van der Waals surface area (Å²) in [5, 5.41) is 3.18. The standard InChI is InChI=1S/C21H18N2O3S/c24-19(26-15-16-8-3-1-4-9-16)14-23-20(25)18-12-7-13-22-21(18)27-17-10-5-2-6-11-17/h1-13H,14-15H2,(H,23,25). The van der Waals surface area contributed by atoms with Gasteiger partial charge in [0, 0.05) is 11.1 Å². The van der Waals surface area contributed by atoms with Crippen molar-refractivity contribution in [2.75, 3.05) is 6.54 Å². The Bertz CT molecular complexity index is 902. The molecule has 0 bridgehead atoms. The van der Waals surface area contributed by atoms with Crippen LogP contribution in [0.1, 0.15) is 15.9 Å². The number of carbonyl (C=O) groups is 2. The molecule has 1 heterocycles. The van der Waals surface area contributed by atoms with Gasteiger partial charge >= 0.3 is 5.97 Å². The third-order valence-electron chi connectivity index (χ3n) is 3.61. The predicted octanol–water partition coefficient (Wildman–Crippen LogP) is 3.71. The first-order valence-corrected chi connectivity index (χ1v) is 9.19. The normalized spacial score (nSPS) is 10.2. The molecule has 1 N–H and O–H groups in total. The molecular weight excluding hydrogens is 360 g/mol. The zero-order chi connectivity index (χ0) is 18.9. The minimum absolute atomic E-state index is 0.178. The number of hydrogen-bond donors (Lipinski definition) is 1. The topological polar surface area (TPSA) is 68.3 Å². The monoisotopic (exact) mass is 378 g/mol. The number of pyridine rings is 1. The highest BCUT2D eigenvalue weighted by atomic mass is 32.2. The van der Waals surface area contributed by atoms with Crippen LogP contribution in [0.2, 0.25) is 0 Å². The highest BCUT2D eigenvalue weighted by Gasteiger charge is 2.15. The number of nitrogens with zero attached hydrogens (tertiary/aromatic N) is 1. The van der Waals surface area contributed by atoms with Crippen molar-refractivity contribution in [1.82, 2.24) is 10.3 Å². The van der Waals surface area contributed by atoms with Crippen molar-refractivity contribution in [2.24, 2.45) is 0 Å². The largest absolute Gasteiger partial charge is 0.460 e. The summed E-state index contributed by atoms with van der Waals surface area (Å²) in [4.78, 5) is 29.6. The van der Waals surface area contributed by atoms with Gasteiger partial charge in [0.1, 0.15) is 18.2 Å². The van der Waals surface area contributed by atoms with Gasteiger partial charge < -0.3 is 10.1 Å². The summed E-state index contributed by atoms with van der Waals surface area (Å²) >= 11 is 1.40. The lowest BCUT2D eigenvalue weighted by Crippen LogP contribution is -2.31. The van der Waals surface area contributed by atoms with Crippen LogP contribution in [0.3, 0.4) is 0 Å². The quantitative estimate of drug-likeness (QED) is 0.635.